The van der Waals surface area contributed by atoms with Crippen molar-refractivity contribution in [3.8, 4) is 0 Å². The number of esters is 1. The third-order valence-electron chi connectivity index (χ3n) is 2.71. The Morgan fingerprint density at radius 1 is 1.38 bits per heavy atom. The number of rotatable bonds is 1. The zero-order valence-electron chi connectivity index (χ0n) is 9.29. The van der Waals surface area contributed by atoms with Crippen molar-refractivity contribution in [3.05, 3.63) is 29.3 Å². The van der Waals surface area contributed by atoms with E-state index in [0.717, 1.165) is 18.7 Å². The number of benzene rings is 1. The number of nitrogens with one attached hydrogen (secondary N) is 1. The van der Waals surface area contributed by atoms with Crippen LogP contribution in [0.2, 0.25) is 0 Å². The van der Waals surface area contributed by atoms with Crippen LogP contribution < -0.4 is 5.32 Å². The molecule has 0 aliphatic carbocycles. The molecule has 1 heterocycles. The fourth-order valence-corrected chi connectivity index (χ4v) is 1.88. The van der Waals surface area contributed by atoms with E-state index in [4.69, 9.17) is 4.74 Å². The minimum absolute atomic E-state index is 0. The summed E-state index contributed by atoms with van der Waals surface area (Å²) in [5.74, 6) is -0.262. The van der Waals surface area contributed by atoms with Crippen molar-refractivity contribution in [1.29, 1.82) is 0 Å². The third kappa shape index (κ3) is 2.67. The minimum atomic E-state index is -0.262. The van der Waals surface area contributed by atoms with E-state index >= 15 is 0 Å². The topological polar surface area (TPSA) is 38.3 Å². The van der Waals surface area contributed by atoms with E-state index in [1.807, 2.05) is 18.2 Å². The maximum absolute atomic E-state index is 11.3. The number of anilines is 1. The molecule has 16 heavy (non-hydrogen) atoms. The molecule has 1 N–H and O–H groups in total. The molecule has 0 amide bonds. The van der Waals surface area contributed by atoms with Gasteiger partial charge in [0.25, 0.3) is 0 Å². The van der Waals surface area contributed by atoms with Crippen LogP contribution in [0.1, 0.15) is 28.8 Å². The van der Waals surface area contributed by atoms with E-state index in [9.17, 15) is 4.79 Å². The smallest absolute Gasteiger partial charge is 0.337 e. The van der Waals surface area contributed by atoms with Crippen LogP contribution in [0, 0.1) is 0 Å². The van der Waals surface area contributed by atoms with Crippen molar-refractivity contribution in [1.82, 2.24) is 0 Å². The number of methoxy groups -OCH3 is 1. The first kappa shape index (κ1) is 12.8. The Balaban J connectivity index is 0.00000128. The maximum atomic E-state index is 11.3. The largest absolute Gasteiger partial charge is 0.465 e. The molecule has 0 bridgehead atoms. The molecule has 0 spiro atoms. The zero-order valence-corrected chi connectivity index (χ0v) is 10.1. The van der Waals surface area contributed by atoms with Gasteiger partial charge in [0.05, 0.1) is 12.7 Å². The predicted octanol–water partition coefficient (Wildman–Crippen LogP) is 2.64. The highest BCUT2D eigenvalue weighted by atomic mass is 35.5. The van der Waals surface area contributed by atoms with Gasteiger partial charge in [-0.2, -0.15) is 0 Å². The maximum Gasteiger partial charge on any atom is 0.337 e. The molecule has 1 aromatic carbocycles. The highest BCUT2D eigenvalue weighted by Gasteiger charge is 2.11. The second-order valence-corrected chi connectivity index (χ2v) is 3.75. The number of carbonyl (C=O) groups excluding carboxylic acids is 1. The molecule has 0 aromatic heterocycles. The fourth-order valence-electron chi connectivity index (χ4n) is 1.88. The monoisotopic (exact) mass is 241 g/mol. The molecule has 3 nitrogen and oxygen atoms in total. The first-order valence-corrected chi connectivity index (χ1v) is 5.26. The van der Waals surface area contributed by atoms with Crippen LogP contribution >= 0.6 is 12.4 Å². The summed E-state index contributed by atoms with van der Waals surface area (Å²) in [6, 6.07) is 5.70. The van der Waals surface area contributed by atoms with E-state index in [2.05, 4.69) is 5.32 Å². The molecule has 88 valence electrons. The molecule has 0 unspecified atom stereocenters. The van der Waals surface area contributed by atoms with Gasteiger partial charge < -0.3 is 10.1 Å². The van der Waals surface area contributed by atoms with Crippen molar-refractivity contribution in [2.45, 2.75) is 19.3 Å². The Kier molecular flexibility index (Phi) is 4.62. The lowest BCUT2D eigenvalue weighted by atomic mass is 10.0. The Morgan fingerprint density at radius 3 is 2.94 bits per heavy atom. The van der Waals surface area contributed by atoms with Crippen molar-refractivity contribution in [3.63, 3.8) is 0 Å². The fraction of sp³-hybridized carbons (Fsp3) is 0.417. The van der Waals surface area contributed by atoms with Crippen LogP contribution in [0.4, 0.5) is 5.69 Å². The lowest BCUT2D eigenvalue weighted by Gasteiger charge is -2.08. The van der Waals surface area contributed by atoms with Gasteiger partial charge in [-0.05, 0) is 43.0 Å². The van der Waals surface area contributed by atoms with Gasteiger partial charge in [-0.25, -0.2) is 4.79 Å². The standard InChI is InChI=1S/C12H15NO2.ClH/c1-15-12(14)10-5-6-11-9(8-10)4-2-3-7-13-11;/h5-6,8,13H,2-4,7H2,1H3;1H. The summed E-state index contributed by atoms with van der Waals surface area (Å²) in [5, 5.41) is 3.36. The van der Waals surface area contributed by atoms with Gasteiger partial charge >= 0.3 is 5.97 Å². The van der Waals surface area contributed by atoms with Crippen molar-refractivity contribution in [2.75, 3.05) is 19.0 Å². The summed E-state index contributed by atoms with van der Waals surface area (Å²) in [6.45, 7) is 1.02. The van der Waals surface area contributed by atoms with Crippen LogP contribution in [0.3, 0.4) is 0 Å². The van der Waals surface area contributed by atoms with Gasteiger partial charge in [0.1, 0.15) is 0 Å². The number of fused-ring (bicyclic) bond motifs is 1. The summed E-state index contributed by atoms with van der Waals surface area (Å²) < 4.78 is 4.70. The average Bonchev–Trinajstić information content (AvgIpc) is 2.51. The van der Waals surface area contributed by atoms with E-state index in [0.29, 0.717) is 5.56 Å². The van der Waals surface area contributed by atoms with Gasteiger partial charge in [-0.1, -0.05) is 0 Å². The van der Waals surface area contributed by atoms with Gasteiger partial charge in [-0.15, -0.1) is 12.4 Å². The zero-order chi connectivity index (χ0) is 10.7. The molecule has 0 fully saturated rings. The van der Waals surface area contributed by atoms with E-state index in [1.165, 1.54) is 25.5 Å². The lowest BCUT2D eigenvalue weighted by molar-refractivity contribution is 0.0600. The molecule has 1 aromatic rings. The Labute approximate surface area is 102 Å². The number of hydrogen-bond acceptors (Lipinski definition) is 3. The number of halogens is 1. The Morgan fingerprint density at radius 2 is 2.19 bits per heavy atom. The van der Waals surface area contributed by atoms with E-state index < -0.39 is 0 Å². The highest BCUT2D eigenvalue weighted by molar-refractivity contribution is 5.90. The van der Waals surface area contributed by atoms with Crippen LogP contribution in [-0.2, 0) is 11.2 Å². The summed E-state index contributed by atoms with van der Waals surface area (Å²) >= 11 is 0. The number of ether oxygens (including phenoxy) is 1. The second-order valence-electron chi connectivity index (χ2n) is 3.75. The summed E-state index contributed by atoms with van der Waals surface area (Å²) in [4.78, 5) is 11.3. The predicted molar refractivity (Wildman–Crippen MR) is 66.5 cm³/mol. The third-order valence-corrected chi connectivity index (χ3v) is 2.71. The van der Waals surface area contributed by atoms with Crippen LogP contribution in [-0.4, -0.2) is 19.6 Å². The molecule has 0 atom stereocenters. The first-order chi connectivity index (χ1) is 7.31. The Bertz CT molecular complexity index is 379. The number of aryl methyl sites for hydroxylation is 1. The van der Waals surface area contributed by atoms with Crippen LogP contribution in [0.25, 0.3) is 0 Å². The SMILES string of the molecule is COC(=O)c1ccc2c(c1)CCCCN2.Cl. The molecular formula is C12H16ClNO2. The molecule has 0 saturated heterocycles. The van der Waals surface area contributed by atoms with Gasteiger partial charge in [0.15, 0.2) is 0 Å². The van der Waals surface area contributed by atoms with E-state index in [-0.39, 0.29) is 18.4 Å². The quantitative estimate of drug-likeness (QED) is 0.769. The molecule has 1 aliphatic rings. The van der Waals surface area contributed by atoms with Crippen LogP contribution in [0.5, 0.6) is 0 Å². The summed E-state index contributed by atoms with van der Waals surface area (Å²) in [5.41, 5.74) is 3.01. The van der Waals surface area contributed by atoms with Crippen LogP contribution in [0.15, 0.2) is 18.2 Å². The lowest BCUT2D eigenvalue weighted by Crippen LogP contribution is -2.04. The summed E-state index contributed by atoms with van der Waals surface area (Å²) in [7, 11) is 1.41. The highest BCUT2D eigenvalue weighted by Crippen LogP contribution is 2.22. The molecule has 4 heteroatoms. The first-order valence-electron chi connectivity index (χ1n) is 5.26. The van der Waals surface area contributed by atoms with Gasteiger partial charge in [0, 0.05) is 12.2 Å². The average molecular weight is 242 g/mol. The minimum Gasteiger partial charge on any atom is -0.465 e. The number of carbonyl (C=O) groups is 1. The van der Waals surface area contributed by atoms with E-state index in [1.54, 1.807) is 0 Å². The van der Waals surface area contributed by atoms with Gasteiger partial charge in [0.2, 0.25) is 0 Å². The summed E-state index contributed by atoms with van der Waals surface area (Å²) in [6.07, 6.45) is 3.39. The van der Waals surface area contributed by atoms with Crippen molar-refractivity contribution < 1.29 is 9.53 Å². The number of hydrogen-bond donors (Lipinski definition) is 1. The van der Waals surface area contributed by atoms with Gasteiger partial charge in [-0.3, -0.25) is 0 Å². The molecule has 1 aliphatic heterocycles. The molecule has 0 radical (unpaired) electrons. The van der Waals surface area contributed by atoms with Crippen molar-refractivity contribution in [2.24, 2.45) is 0 Å². The molecule has 2 rings (SSSR count). The normalized spacial score (nSPS) is 13.8. The van der Waals surface area contributed by atoms with Crippen molar-refractivity contribution >= 4 is 24.1 Å². The molecule has 0 saturated carbocycles. The second kappa shape index (κ2) is 5.75. The molecular weight excluding hydrogens is 226 g/mol. The Hall–Kier alpha value is -1.22.